The summed E-state index contributed by atoms with van der Waals surface area (Å²) in [5.74, 6) is 0. The van der Waals surface area contributed by atoms with E-state index in [0.717, 1.165) is 72.5 Å². The number of nitrogens with zero attached hydrogens (tertiary/aromatic N) is 2. The first-order valence-electron chi connectivity index (χ1n) is 24.9. The summed E-state index contributed by atoms with van der Waals surface area (Å²) in [5, 5.41) is 4.71. The van der Waals surface area contributed by atoms with Gasteiger partial charge in [-0.15, -0.1) is 0 Å². The smallest absolute Gasteiger partial charge is 0.143 e. The van der Waals surface area contributed by atoms with Gasteiger partial charge in [0.2, 0.25) is 0 Å². The Morgan fingerprint density at radius 3 is 1.62 bits per heavy atom. The van der Waals surface area contributed by atoms with Crippen molar-refractivity contribution >= 4 is 60.8 Å². The van der Waals surface area contributed by atoms with Gasteiger partial charge in [-0.05, 0) is 116 Å². The van der Waals surface area contributed by atoms with E-state index in [0.29, 0.717) is 0 Å². The summed E-state index contributed by atoms with van der Waals surface area (Å²) in [4.78, 5) is 2.40. The largest absolute Gasteiger partial charge is 0.455 e. The van der Waals surface area contributed by atoms with Gasteiger partial charge in [-0.1, -0.05) is 208 Å². The molecule has 2 heterocycles. The second kappa shape index (κ2) is 16.5. The summed E-state index contributed by atoms with van der Waals surface area (Å²) >= 11 is 0. The molecule has 0 radical (unpaired) electrons. The summed E-state index contributed by atoms with van der Waals surface area (Å²) in [5.41, 5.74) is 23.2. The third-order valence-electron chi connectivity index (χ3n) is 15.2. The van der Waals surface area contributed by atoms with Crippen molar-refractivity contribution in [3.8, 4) is 61.3 Å². The molecule has 14 rings (SSSR count). The van der Waals surface area contributed by atoms with Crippen molar-refractivity contribution in [3.63, 3.8) is 0 Å². The number of para-hydroxylation sites is 4. The van der Waals surface area contributed by atoms with E-state index in [9.17, 15) is 0 Å². The highest BCUT2D eigenvalue weighted by Gasteiger charge is 2.35. The van der Waals surface area contributed by atoms with Crippen LogP contribution in [-0.2, 0) is 5.41 Å². The Bertz CT molecular complexity index is 4210. The van der Waals surface area contributed by atoms with Crippen LogP contribution < -0.4 is 4.90 Å². The first kappa shape index (κ1) is 41.8. The molecule has 340 valence electrons. The predicted octanol–water partition coefficient (Wildman–Crippen LogP) is 19.1. The molecule has 0 unspecified atom stereocenters. The summed E-state index contributed by atoms with van der Waals surface area (Å²) in [7, 11) is 0. The number of hydrogen-bond donors (Lipinski definition) is 0. The molecule has 1 aliphatic carbocycles. The van der Waals surface area contributed by atoms with E-state index in [-0.39, 0.29) is 5.41 Å². The highest BCUT2D eigenvalue weighted by molar-refractivity contribution is 6.13. The van der Waals surface area contributed by atoms with Gasteiger partial charge >= 0.3 is 0 Å². The minimum absolute atomic E-state index is 0.110. The van der Waals surface area contributed by atoms with Crippen molar-refractivity contribution in [2.24, 2.45) is 0 Å². The monoisotopic (exact) mass is 920 g/mol. The topological polar surface area (TPSA) is 21.3 Å². The molecule has 1 aliphatic rings. The Kier molecular flexibility index (Phi) is 9.56. The Labute approximate surface area is 419 Å². The van der Waals surface area contributed by atoms with E-state index < -0.39 is 0 Å². The summed E-state index contributed by atoms with van der Waals surface area (Å²) in [6.07, 6.45) is 0. The number of anilines is 3. The third-order valence-corrected chi connectivity index (χ3v) is 15.2. The predicted molar refractivity (Wildman–Crippen MR) is 302 cm³/mol. The van der Waals surface area contributed by atoms with E-state index in [1.54, 1.807) is 0 Å². The van der Waals surface area contributed by atoms with Crippen molar-refractivity contribution in [1.29, 1.82) is 0 Å². The second-order valence-corrected chi connectivity index (χ2v) is 19.7. The zero-order valence-electron chi connectivity index (χ0n) is 40.1. The molecule has 0 spiro atoms. The fourth-order valence-corrected chi connectivity index (χ4v) is 11.6. The minimum atomic E-state index is -0.110. The molecule has 0 aliphatic heterocycles. The van der Waals surface area contributed by atoms with Gasteiger partial charge in [0.25, 0.3) is 0 Å². The van der Waals surface area contributed by atoms with Crippen molar-refractivity contribution in [1.82, 2.24) is 4.57 Å². The average Bonchev–Trinajstić information content (AvgIpc) is 4.07. The molecule has 0 fully saturated rings. The van der Waals surface area contributed by atoms with Crippen LogP contribution in [0.25, 0.3) is 105 Å². The van der Waals surface area contributed by atoms with Crippen LogP contribution in [0.15, 0.2) is 259 Å². The van der Waals surface area contributed by atoms with E-state index in [1.165, 1.54) is 60.8 Å². The molecule has 2 aromatic heterocycles. The van der Waals surface area contributed by atoms with Gasteiger partial charge in [0, 0.05) is 55.1 Å². The molecule has 11 aromatic carbocycles. The van der Waals surface area contributed by atoms with Crippen molar-refractivity contribution in [2.45, 2.75) is 19.3 Å². The number of hydrogen-bond acceptors (Lipinski definition) is 2. The molecule has 72 heavy (non-hydrogen) atoms. The Morgan fingerprint density at radius 2 is 0.861 bits per heavy atom. The van der Waals surface area contributed by atoms with Crippen molar-refractivity contribution < 1.29 is 4.42 Å². The average molecular weight is 921 g/mol. The minimum Gasteiger partial charge on any atom is -0.455 e. The van der Waals surface area contributed by atoms with Crippen LogP contribution in [0, 0.1) is 0 Å². The SMILES string of the molecule is CC1(C)c2ccccc2-c2ccc(N(c3ccc(-c4ccccc4)cc3)c3ccc(-c4ccc(-c5ccccc5-n5c6ccccc6c6ccc(-c7cccc8c7oc7ccccc78)cc65)cc4)cc3)cc21. The number of benzene rings is 11. The number of furan rings is 1. The van der Waals surface area contributed by atoms with Crippen LogP contribution >= 0.6 is 0 Å². The maximum atomic E-state index is 6.53. The summed E-state index contributed by atoms with van der Waals surface area (Å²) in [6.45, 7) is 4.70. The fraction of sp³-hybridized carbons (Fsp3) is 0.0435. The molecule has 3 heteroatoms. The summed E-state index contributed by atoms with van der Waals surface area (Å²) < 4.78 is 8.97. The maximum Gasteiger partial charge on any atom is 0.143 e. The molecule has 3 nitrogen and oxygen atoms in total. The van der Waals surface area contributed by atoms with Gasteiger partial charge in [-0.3, -0.25) is 0 Å². The second-order valence-electron chi connectivity index (χ2n) is 19.7. The van der Waals surface area contributed by atoms with Crippen LogP contribution in [-0.4, -0.2) is 4.57 Å². The molecule has 13 aromatic rings. The number of fused-ring (bicyclic) bond motifs is 9. The zero-order valence-corrected chi connectivity index (χ0v) is 40.1. The molecule has 0 saturated heterocycles. The summed E-state index contributed by atoms with van der Waals surface area (Å²) in [6, 6.07) is 92.8. The molecule has 0 amide bonds. The van der Waals surface area contributed by atoms with E-state index >= 15 is 0 Å². The van der Waals surface area contributed by atoms with Gasteiger partial charge in [0.05, 0.1) is 16.7 Å². The standard InChI is InChI=1S/C69H48N2O/c1-69(2)62-23-10-6-18-56(62)57-42-40-53(44-63(57)69)70(51-36-31-47(32-37-51)45-15-4-3-5-16-45)52-38-33-48(34-39-52)46-27-29-49(30-28-46)54-17-7-11-24-64(54)71-65-25-12-8-19-58(65)59-41-35-50(43-66(59)71)55-21-14-22-61-60-20-9-13-26-67(60)72-68(55)61/h3-44H,1-2H3. The highest BCUT2D eigenvalue weighted by Crippen LogP contribution is 2.51. The van der Waals surface area contributed by atoms with Gasteiger partial charge < -0.3 is 13.9 Å². The van der Waals surface area contributed by atoms with Crippen molar-refractivity contribution in [3.05, 3.63) is 266 Å². The van der Waals surface area contributed by atoms with Crippen molar-refractivity contribution in [2.75, 3.05) is 4.90 Å². The molecule has 0 atom stereocenters. The Balaban J connectivity index is 0.820. The van der Waals surface area contributed by atoms with Gasteiger partial charge in [-0.25, -0.2) is 0 Å². The lowest BCUT2D eigenvalue weighted by Crippen LogP contribution is -2.16. The number of rotatable bonds is 8. The van der Waals surface area contributed by atoms with Gasteiger partial charge in [-0.2, -0.15) is 0 Å². The fourth-order valence-electron chi connectivity index (χ4n) is 11.6. The highest BCUT2D eigenvalue weighted by atomic mass is 16.3. The quantitative estimate of drug-likeness (QED) is 0.151. The maximum absolute atomic E-state index is 6.53. The van der Waals surface area contributed by atoms with Crippen LogP contribution in [0.2, 0.25) is 0 Å². The van der Waals surface area contributed by atoms with Crippen LogP contribution in [0.4, 0.5) is 17.1 Å². The zero-order chi connectivity index (χ0) is 47.9. The van der Waals surface area contributed by atoms with Gasteiger partial charge in [0.1, 0.15) is 11.2 Å². The Hall–Kier alpha value is -9.18. The third kappa shape index (κ3) is 6.66. The molecule has 0 saturated carbocycles. The molecular formula is C69H48N2O. The van der Waals surface area contributed by atoms with Crippen LogP contribution in [0.3, 0.4) is 0 Å². The first-order valence-corrected chi connectivity index (χ1v) is 24.9. The van der Waals surface area contributed by atoms with Crippen LogP contribution in [0.1, 0.15) is 25.0 Å². The Morgan fingerprint density at radius 1 is 0.333 bits per heavy atom. The van der Waals surface area contributed by atoms with E-state index in [2.05, 4.69) is 272 Å². The normalized spacial score (nSPS) is 12.7. The lowest BCUT2D eigenvalue weighted by atomic mass is 9.82. The molecule has 0 N–H and O–H groups in total. The number of aromatic nitrogens is 1. The molecular weight excluding hydrogens is 873 g/mol. The first-order chi connectivity index (χ1) is 35.5. The lowest BCUT2D eigenvalue weighted by Gasteiger charge is -2.28. The van der Waals surface area contributed by atoms with E-state index in [1.807, 2.05) is 6.07 Å². The molecule has 0 bridgehead atoms. The lowest BCUT2D eigenvalue weighted by molar-refractivity contribution is 0.660. The van der Waals surface area contributed by atoms with E-state index in [4.69, 9.17) is 4.42 Å². The van der Waals surface area contributed by atoms with Crippen LogP contribution in [0.5, 0.6) is 0 Å². The van der Waals surface area contributed by atoms with Gasteiger partial charge in [0.15, 0.2) is 0 Å².